The lowest BCUT2D eigenvalue weighted by atomic mass is 9.96. The molecule has 1 unspecified atom stereocenters. The lowest BCUT2D eigenvalue weighted by Gasteiger charge is -2.17. The van der Waals surface area contributed by atoms with Gasteiger partial charge in [0.1, 0.15) is 0 Å². The molecule has 0 amide bonds. The Hall–Kier alpha value is -0.640. The van der Waals surface area contributed by atoms with Gasteiger partial charge in [0.25, 0.3) is 0 Å². The summed E-state index contributed by atoms with van der Waals surface area (Å²) in [5, 5.41) is 0. The van der Waals surface area contributed by atoms with Crippen molar-refractivity contribution in [3.05, 3.63) is 55.7 Å². The van der Waals surface area contributed by atoms with Crippen molar-refractivity contribution in [3.8, 4) is 0 Å². The van der Waals surface area contributed by atoms with Crippen LogP contribution in [0.4, 0.5) is 0 Å². The van der Waals surface area contributed by atoms with Crippen LogP contribution in [0.5, 0.6) is 0 Å². The quantitative estimate of drug-likeness (QED) is 0.879. The summed E-state index contributed by atoms with van der Waals surface area (Å²) in [5.74, 6) is 0.548. The van der Waals surface area contributed by atoms with E-state index in [0.717, 1.165) is 12.8 Å². The van der Waals surface area contributed by atoms with Gasteiger partial charge in [0.15, 0.2) is 0 Å². The summed E-state index contributed by atoms with van der Waals surface area (Å²) < 4.78 is 1.21. The van der Waals surface area contributed by atoms with Crippen molar-refractivity contribution in [2.24, 2.45) is 11.7 Å². The molecular weight excluding hydrogens is 306 g/mol. The molecule has 94 valence electrons. The molecule has 1 heterocycles. The van der Waals surface area contributed by atoms with Gasteiger partial charge >= 0.3 is 0 Å². The number of thiophene rings is 1. The van der Waals surface area contributed by atoms with Crippen LogP contribution < -0.4 is 5.73 Å². The van der Waals surface area contributed by atoms with E-state index in [1.807, 2.05) is 0 Å². The van der Waals surface area contributed by atoms with Crippen LogP contribution in [-0.4, -0.2) is 0 Å². The molecule has 1 aromatic heterocycles. The first-order valence-electron chi connectivity index (χ1n) is 6.23. The second-order valence-corrected chi connectivity index (χ2v) is 7.47. The second-order valence-electron chi connectivity index (χ2n) is 5.07. The molecule has 3 heteroatoms. The van der Waals surface area contributed by atoms with Crippen molar-refractivity contribution < 1.29 is 0 Å². The monoisotopic (exact) mass is 321 g/mol. The number of fused-ring (bicyclic) bond motifs is 1. The maximum atomic E-state index is 6.45. The van der Waals surface area contributed by atoms with E-state index < -0.39 is 0 Å². The molecule has 1 aliphatic carbocycles. The minimum atomic E-state index is 0.160. The normalized spacial score (nSPS) is 16.8. The van der Waals surface area contributed by atoms with Crippen LogP contribution in [0.25, 0.3) is 0 Å². The summed E-state index contributed by atoms with van der Waals surface area (Å²) in [5.41, 5.74) is 10.7. The molecular formula is C15H16BrNS. The number of aryl methyl sites for hydroxylation is 1. The number of hydrogen-bond donors (Lipinski definition) is 1. The van der Waals surface area contributed by atoms with E-state index in [-0.39, 0.29) is 6.04 Å². The van der Waals surface area contributed by atoms with Crippen molar-refractivity contribution in [1.29, 1.82) is 0 Å². The van der Waals surface area contributed by atoms with Crippen LogP contribution in [0.1, 0.15) is 27.6 Å². The number of hydrogen-bond acceptors (Lipinski definition) is 2. The fraction of sp³-hybridized carbons (Fsp3) is 0.333. The summed E-state index contributed by atoms with van der Waals surface area (Å²) in [4.78, 5) is 1.30. The molecule has 2 aromatic rings. The molecule has 0 fully saturated rings. The topological polar surface area (TPSA) is 26.0 Å². The minimum Gasteiger partial charge on any atom is -0.323 e. The highest BCUT2D eigenvalue weighted by Crippen LogP contribution is 2.38. The molecule has 0 saturated carbocycles. The zero-order chi connectivity index (χ0) is 12.7. The van der Waals surface area contributed by atoms with Crippen LogP contribution >= 0.6 is 27.3 Å². The Labute approximate surface area is 120 Å². The number of rotatable bonds is 2. The van der Waals surface area contributed by atoms with Crippen molar-refractivity contribution in [2.75, 3.05) is 0 Å². The molecule has 0 spiro atoms. The summed E-state index contributed by atoms with van der Waals surface area (Å²) in [6.45, 7) is 2.13. The molecule has 1 aromatic carbocycles. The molecule has 0 saturated heterocycles. The van der Waals surface area contributed by atoms with Gasteiger partial charge in [-0.25, -0.2) is 0 Å². The van der Waals surface area contributed by atoms with Crippen LogP contribution in [-0.2, 0) is 12.8 Å². The standard InChI is InChI=1S/C15H16BrNS/c1-9-6-13(18-15(9)16)14(17)12-7-10-4-2-3-5-11(10)8-12/h2-6,12,14H,7-8,17H2,1H3. The van der Waals surface area contributed by atoms with Crippen LogP contribution in [0, 0.1) is 12.8 Å². The van der Waals surface area contributed by atoms with Crippen molar-refractivity contribution in [1.82, 2.24) is 0 Å². The molecule has 0 aliphatic heterocycles. The average molecular weight is 322 g/mol. The molecule has 1 nitrogen and oxygen atoms in total. The Bertz CT molecular complexity index is 531. The predicted molar refractivity (Wildman–Crippen MR) is 81.0 cm³/mol. The molecule has 0 bridgehead atoms. The largest absolute Gasteiger partial charge is 0.323 e. The third kappa shape index (κ3) is 2.15. The molecule has 2 N–H and O–H groups in total. The van der Waals surface area contributed by atoms with Crippen molar-refractivity contribution >= 4 is 27.3 Å². The Morgan fingerprint density at radius 2 is 1.89 bits per heavy atom. The van der Waals surface area contributed by atoms with Crippen molar-refractivity contribution in [2.45, 2.75) is 25.8 Å². The van der Waals surface area contributed by atoms with E-state index in [1.54, 1.807) is 11.3 Å². The molecule has 1 aliphatic rings. The van der Waals surface area contributed by atoms with Gasteiger partial charge in [-0.15, -0.1) is 11.3 Å². The Morgan fingerprint density at radius 1 is 1.28 bits per heavy atom. The highest BCUT2D eigenvalue weighted by molar-refractivity contribution is 9.11. The fourth-order valence-electron chi connectivity index (χ4n) is 2.73. The van der Waals surface area contributed by atoms with Gasteiger partial charge in [0.05, 0.1) is 3.79 Å². The summed E-state index contributed by atoms with van der Waals surface area (Å²) in [7, 11) is 0. The van der Waals surface area contributed by atoms with Crippen LogP contribution in [0.2, 0.25) is 0 Å². The zero-order valence-corrected chi connectivity index (χ0v) is 12.7. The SMILES string of the molecule is Cc1cc(C(N)C2Cc3ccccc3C2)sc1Br. The Balaban J connectivity index is 1.82. The highest BCUT2D eigenvalue weighted by atomic mass is 79.9. The van der Waals surface area contributed by atoms with Gasteiger partial charge < -0.3 is 5.73 Å². The predicted octanol–water partition coefficient (Wildman–Crippen LogP) is 4.23. The number of benzene rings is 1. The highest BCUT2D eigenvalue weighted by Gasteiger charge is 2.28. The Kier molecular flexibility index (Phi) is 3.31. The van der Waals surface area contributed by atoms with E-state index in [1.165, 1.54) is 25.4 Å². The summed E-state index contributed by atoms with van der Waals surface area (Å²) >= 11 is 5.36. The third-order valence-corrected chi connectivity index (χ3v) is 6.03. The van der Waals surface area contributed by atoms with E-state index in [2.05, 4.69) is 53.2 Å². The lowest BCUT2D eigenvalue weighted by molar-refractivity contribution is 0.459. The molecule has 0 radical (unpaired) electrons. The van der Waals surface area contributed by atoms with E-state index in [4.69, 9.17) is 5.73 Å². The summed E-state index contributed by atoms with van der Waals surface area (Å²) in [6.07, 6.45) is 2.23. The van der Waals surface area contributed by atoms with E-state index >= 15 is 0 Å². The van der Waals surface area contributed by atoms with Gasteiger partial charge in [-0.1, -0.05) is 24.3 Å². The number of halogens is 1. The van der Waals surface area contributed by atoms with Gasteiger partial charge in [0.2, 0.25) is 0 Å². The van der Waals surface area contributed by atoms with E-state index in [0.29, 0.717) is 5.92 Å². The van der Waals surface area contributed by atoms with Gasteiger partial charge in [-0.05, 0) is 64.4 Å². The molecule has 18 heavy (non-hydrogen) atoms. The first kappa shape index (κ1) is 12.4. The van der Waals surface area contributed by atoms with Gasteiger partial charge in [-0.2, -0.15) is 0 Å². The van der Waals surface area contributed by atoms with Crippen LogP contribution in [0.3, 0.4) is 0 Å². The minimum absolute atomic E-state index is 0.160. The number of nitrogens with two attached hydrogens (primary N) is 1. The van der Waals surface area contributed by atoms with Gasteiger partial charge in [0, 0.05) is 10.9 Å². The fourth-order valence-corrected chi connectivity index (χ4v) is 4.39. The average Bonchev–Trinajstić information content (AvgIpc) is 2.93. The Morgan fingerprint density at radius 3 is 2.39 bits per heavy atom. The van der Waals surface area contributed by atoms with E-state index in [9.17, 15) is 0 Å². The van der Waals surface area contributed by atoms with Gasteiger partial charge in [-0.3, -0.25) is 0 Å². The second kappa shape index (κ2) is 4.80. The molecule has 3 rings (SSSR count). The third-order valence-electron chi connectivity index (χ3n) is 3.80. The van der Waals surface area contributed by atoms with Crippen LogP contribution in [0.15, 0.2) is 34.1 Å². The van der Waals surface area contributed by atoms with Crippen molar-refractivity contribution in [3.63, 3.8) is 0 Å². The zero-order valence-electron chi connectivity index (χ0n) is 10.3. The first-order chi connectivity index (χ1) is 8.65. The summed E-state index contributed by atoms with van der Waals surface area (Å²) in [6, 6.07) is 11.1. The smallest absolute Gasteiger partial charge is 0.0731 e. The molecule has 1 atom stereocenters. The maximum Gasteiger partial charge on any atom is 0.0731 e. The lowest BCUT2D eigenvalue weighted by Crippen LogP contribution is -2.20. The maximum absolute atomic E-state index is 6.45. The first-order valence-corrected chi connectivity index (χ1v) is 7.84.